The van der Waals surface area contributed by atoms with Gasteiger partial charge < -0.3 is 25.4 Å². The van der Waals surface area contributed by atoms with Crippen LogP contribution in [-0.4, -0.2) is 67.8 Å². The average molecular weight is 452 g/mol. The number of ether oxygens (including phenoxy) is 1. The van der Waals surface area contributed by atoms with Crippen molar-refractivity contribution in [1.29, 1.82) is 0 Å². The molecule has 1 fully saturated rings. The molecule has 0 aliphatic heterocycles. The van der Waals surface area contributed by atoms with Crippen molar-refractivity contribution in [2.75, 3.05) is 33.8 Å². The number of aliphatic carboxylic acids is 1. The number of amides is 2. The van der Waals surface area contributed by atoms with E-state index in [1.54, 1.807) is 19.0 Å². The Morgan fingerprint density at radius 2 is 1.67 bits per heavy atom. The lowest BCUT2D eigenvalue weighted by molar-refractivity contribution is -0.139. The van der Waals surface area contributed by atoms with Gasteiger partial charge in [0.05, 0.1) is 5.92 Å². The summed E-state index contributed by atoms with van der Waals surface area (Å²) in [6.45, 7) is 0.744. The maximum atomic E-state index is 12.7. The highest BCUT2D eigenvalue weighted by molar-refractivity contribution is 5.86. The lowest BCUT2D eigenvalue weighted by Gasteiger charge is -2.22. The number of rotatable bonds is 9. The smallest absolute Gasteiger partial charge is 0.407 e. The van der Waals surface area contributed by atoms with E-state index in [0.29, 0.717) is 13.0 Å². The molecule has 8 heteroatoms. The first-order valence-electron chi connectivity index (χ1n) is 11.1. The molecular weight excluding hydrogens is 422 g/mol. The Kier molecular flexibility index (Phi) is 6.65. The molecule has 0 bridgehead atoms. The predicted molar refractivity (Wildman–Crippen MR) is 123 cm³/mol. The SMILES string of the molecule is CN(C)C[C@H](NC(=O)OCC1c2ccccc2-c2ccccc21)C(=O)NCC1CC1C(=O)O. The number of benzene rings is 2. The third-order valence-corrected chi connectivity index (χ3v) is 6.28. The molecule has 3 atom stereocenters. The molecule has 0 aromatic heterocycles. The van der Waals surface area contributed by atoms with Gasteiger partial charge in [-0.2, -0.15) is 0 Å². The number of carboxylic acid groups (broad SMARTS) is 1. The van der Waals surface area contributed by atoms with Gasteiger partial charge >= 0.3 is 12.1 Å². The van der Waals surface area contributed by atoms with Crippen molar-refractivity contribution < 1.29 is 24.2 Å². The van der Waals surface area contributed by atoms with Gasteiger partial charge in [0.25, 0.3) is 0 Å². The summed E-state index contributed by atoms with van der Waals surface area (Å²) < 4.78 is 5.56. The summed E-state index contributed by atoms with van der Waals surface area (Å²) in [5.74, 6) is -1.70. The summed E-state index contributed by atoms with van der Waals surface area (Å²) in [7, 11) is 3.61. The van der Waals surface area contributed by atoms with Crippen LogP contribution in [0.5, 0.6) is 0 Å². The van der Waals surface area contributed by atoms with Crippen LogP contribution >= 0.6 is 0 Å². The molecule has 33 heavy (non-hydrogen) atoms. The molecule has 174 valence electrons. The third kappa shape index (κ3) is 5.17. The first-order chi connectivity index (χ1) is 15.8. The maximum Gasteiger partial charge on any atom is 0.407 e. The van der Waals surface area contributed by atoms with Gasteiger partial charge in [0.2, 0.25) is 5.91 Å². The fraction of sp³-hybridized carbons (Fsp3) is 0.400. The normalized spacial score (nSPS) is 19.4. The zero-order valence-corrected chi connectivity index (χ0v) is 18.8. The van der Waals surface area contributed by atoms with Gasteiger partial charge in [0.1, 0.15) is 12.6 Å². The first-order valence-corrected chi connectivity index (χ1v) is 11.1. The van der Waals surface area contributed by atoms with Crippen LogP contribution < -0.4 is 10.6 Å². The molecule has 2 aliphatic carbocycles. The number of carboxylic acids is 1. The predicted octanol–water partition coefficient (Wildman–Crippen LogP) is 2.29. The third-order valence-electron chi connectivity index (χ3n) is 6.28. The lowest BCUT2D eigenvalue weighted by atomic mass is 9.98. The topological polar surface area (TPSA) is 108 Å². The summed E-state index contributed by atoms with van der Waals surface area (Å²) in [6, 6.07) is 15.4. The Labute approximate surface area is 192 Å². The van der Waals surface area contributed by atoms with Gasteiger partial charge in [-0.3, -0.25) is 9.59 Å². The number of nitrogens with one attached hydrogen (secondary N) is 2. The number of nitrogens with zero attached hydrogens (tertiary/aromatic N) is 1. The number of fused-ring (bicyclic) bond motifs is 3. The highest BCUT2D eigenvalue weighted by Gasteiger charge is 2.43. The molecule has 4 rings (SSSR count). The van der Waals surface area contributed by atoms with Crippen molar-refractivity contribution in [2.24, 2.45) is 11.8 Å². The van der Waals surface area contributed by atoms with Crippen LogP contribution in [0.1, 0.15) is 23.5 Å². The molecule has 2 aromatic carbocycles. The largest absolute Gasteiger partial charge is 0.481 e. The zero-order valence-electron chi connectivity index (χ0n) is 18.8. The van der Waals surface area contributed by atoms with Crippen LogP contribution in [-0.2, 0) is 14.3 Å². The Hall–Kier alpha value is -3.39. The summed E-state index contributed by atoms with van der Waals surface area (Å²) in [5.41, 5.74) is 4.52. The van der Waals surface area contributed by atoms with Crippen LogP contribution in [0.25, 0.3) is 11.1 Å². The van der Waals surface area contributed by atoms with E-state index in [2.05, 4.69) is 22.8 Å². The first kappa shape index (κ1) is 22.8. The summed E-state index contributed by atoms with van der Waals surface area (Å²) in [4.78, 5) is 38.0. The van der Waals surface area contributed by atoms with Gasteiger partial charge in [-0.1, -0.05) is 48.5 Å². The van der Waals surface area contributed by atoms with Crippen LogP contribution in [0.2, 0.25) is 0 Å². The van der Waals surface area contributed by atoms with Gasteiger partial charge in [-0.05, 0) is 48.7 Å². The van der Waals surface area contributed by atoms with Crippen LogP contribution in [0, 0.1) is 11.8 Å². The number of hydrogen-bond acceptors (Lipinski definition) is 5. The number of alkyl carbamates (subject to hydrolysis) is 1. The fourth-order valence-corrected chi connectivity index (χ4v) is 4.47. The molecule has 0 spiro atoms. The Morgan fingerprint density at radius 1 is 1.06 bits per heavy atom. The minimum absolute atomic E-state index is 0.0547. The van der Waals surface area contributed by atoms with E-state index in [-0.39, 0.29) is 30.9 Å². The molecule has 8 nitrogen and oxygen atoms in total. The Morgan fingerprint density at radius 3 is 2.21 bits per heavy atom. The molecule has 2 amide bonds. The number of carbonyl (C=O) groups is 3. The van der Waals surface area contributed by atoms with E-state index < -0.39 is 24.0 Å². The van der Waals surface area contributed by atoms with E-state index in [1.807, 2.05) is 36.4 Å². The van der Waals surface area contributed by atoms with Crippen molar-refractivity contribution in [3.63, 3.8) is 0 Å². The van der Waals surface area contributed by atoms with Crippen molar-refractivity contribution in [3.05, 3.63) is 59.7 Å². The molecule has 2 aliphatic rings. The van der Waals surface area contributed by atoms with Gasteiger partial charge in [-0.15, -0.1) is 0 Å². The second-order valence-corrected chi connectivity index (χ2v) is 8.97. The summed E-state index contributed by atoms with van der Waals surface area (Å²) >= 11 is 0. The standard InChI is InChI=1S/C25H29N3O5/c1-28(2)13-22(23(29)26-12-15-11-20(15)24(30)31)27-25(32)33-14-21-18-9-5-3-7-16(18)17-8-4-6-10-19(17)21/h3-10,15,20-22H,11-14H2,1-2H3,(H,26,29)(H,27,32)(H,30,31)/t15?,20?,22-/m0/s1. The summed E-state index contributed by atoms with van der Waals surface area (Å²) in [6.07, 6.45) is -0.0954. The fourth-order valence-electron chi connectivity index (χ4n) is 4.47. The Bertz CT molecular complexity index is 1010. The molecule has 1 saturated carbocycles. The van der Waals surface area contributed by atoms with E-state index in [0.717, 1.165) is 22.3 Å². The van der Waals surface area contributed by atoms with E-state index in [1.165, 1.54) is 0 Å². The average Bonchev–Trinajstić information content (AvgIpc) is 3.51. The summed E-state index contributed by atoms with van der Waals surface area (Å²) in [5, 5.41) is 14.4. The molecular formula is C25H29N3O5. The highest BCUT2D eigenvalue weighted by Crippen LogP contribution is 2.44. The van der Waals surface area contributed by atoms with E-state index >= 15 is 0 Å². The van der Waals surface area contributed by atoms with Gasteiger partial charge in [0, 0.05) is 19.0 Å². The Balaban J connectivity index is 1.35. The maximum absolute atomic E-state index is 12.7. The highest BCUT2D eigenvalue weighted by atomic mass is 16.5. The van der Waals surface area contributed by atoms with Gasteiger partial charge in [-0.25, -0.2) is 4.79 Å². The molecule has 0 radical (unpaired) electrons. The number of likely N-dealkylation sites (N-methyl/N-ethyl adjacent to an activating group) is 1. The molecule has 2 unspecified atom stereocenters. The minimum atomic E-state index is -0.837. The van der Waals surface area contributed by atoms with E-state index in [4.69, 9.17) is 9.84 Å². The molecule has 0 heterocycles. The molecule has 0 saturated heterocycles. The van der Waals surface area contributed by atoms with Crippen molar-refractivity contribution in [1.82, 2.24) is 15.5 Å². The lowest BCUT2D eigenvalue weighted by Crippen LogP contribution is -2.52. The van der Waals surface area contributed by atoms with Crippen LogP contribution in [0.3, 0.4) is 0 Å². The second-order valence-electron chi connectivity index (χ2n) is 8.97. The zero-order chi connectivity index (χ0) is 23.5. The van der Waals surface area contributed by atoms with Crippen molar-refractivity contribution in [3.8, 4) is 11.1 Å². The number of carbonyl (C=O) groups excluding carboxylic acids is 2. The van der Waals surface area contributed by atoms with Crippen LogP contribution in [0.15, 0.2) is 48.5 Å². The molecule has 3 N–H and O–H groups in total. The number of hydrogen-bond donors (Lipinski definition) is 3. The quantitative estimate of drug-likeness (QED) is 0.540. The monoisotopic (exact) mass is 451 g/mol. The van der Waals surface area contributed by atoms with Crippen LogP contribution in [0.4, 0.5) is 4.79 Å². The second kappa shape index (κ2) is 9.62. The van der Waals surface area contributed by atoms with Crippen molar-refractivity contribution in [2.45, 2.75) is 18.4 Å². The van der Waals surface area contributed by atoms with E-state index in [9.17, 15) is 14.4 Å². The van der Waals surface area contributed by atoms with Gasteiger partial charge in [0.15, 0.2) is 0 Å². The molecule has 2 aromatic rings. The van der Waals surface area contributed by atoms with Crippen molar-refractivity contribution >= 4 is 18.0 Å². The minimum Gasteiger partial charge on any atom is -0.481 e.